The highest BCUT2D eigenvalue weighted by molar-refractivity contribution is 5.95. The van der Waals surface area contributed by atoms with E-state index in [4.69, 9.17) is 6.42 Å². The van der Waals surface area contributed by atoms with Crippen molar-refractivity contribution in [3.63, 3.8) is 0 Å². The van der Waals surface area contributed by atoms with Crippen LogP contribution in [0.15, 0.2) is 36.9 Å². The predicted molar refractivity (Wildman–Crippen MR) is 97.2 cm³/mol. The van der Waals surface area contributed by atoms with Crippen molar-refractivity contribution in [1.29, 1.82) is 0 Å². The van der Waals surface area contributed by atoms with Gasteiger partial charge in [-0.05, 0) is 31.5 Å². The molecule has 0 saturated carbocycles. The molecule has 2 amide bonds. The largest absolute Gasteiger partial charge is 0.323 e. The number of rotatable bonds is 6. The Morgan fingerprint density at radius 3 is 2.96 bits per heavy atom. The molecule has 1 aliphatic heterocycles. The molecule has 2 N–H and O–H groups in total. The molecule has 2 aromatic rings. The lowest BCUT2D eigenvalue weighted by atomic mass is 10.2. The summed E-state index contributed by atoms with van der Waals surface area (Å²) in [5, 5.41) is 9.68. The van der Waals surface area contributed by atoms with E-state index in [0.717, 1.165) is 19.4 Å². The van der Waals surface area contributed by atoms with Gasteiger partial charge in [-0.3, -0.25) is 24.2 Å². The molecule has 1 aliphatic rings. The molecule has 0 aromatic carbocycles. The topological polar surface area (TPSA) is 92.2 Å². The number of terminal acetylenes is 1. The Morgan fingerprint density at radius 2 is 2.19 bits per heavy atom. The molecule has 0 aliphatic carbocycles. The molecule has 0 spiro atoms. The monoisotopic (exact) mass is 352 g/mol. The summed E-state index contributed by atoms with van der Waals surface area (Å²) in [6.45, 7) is 1.33. The van der Waals surface area contributed by atoms with Gasteiger partial charge in [-0.1, -0.05) is 5.92 Å². The number of anilines is 2. The van der Waals surface area contributed by atoms with Gasteiger partial charge in [-0.15, -0.1) is 6.42 Å². The molecule has 1 fully saturated rings. The van der Waals surface area contributed by atoms with Crippen molar-refractivity contribution in [2.24, 2.45) is 0 Å². The van der Waals surface area contributed by atoms with Gasteiger partial charge >= 0.3 is 0 Å². The summed E-state index contributed by atoms with van der Waals surface area (Å²) in [7, 11) is 0. The first kappa shape index (κ1) is 17.6. The molecular formula is C18H20N6O2. The van der Waals surface area contributed by atoms with Crippen LogP contribution in [0.3, 0.4) is 0 Å². The van der Waals surface area contributed by atoms with Crippen LogP contribution in [0.1, 0.15) is 12.8 Å². The Morgan fingerprint density at radius 1 is 1.31 bits per heavy atom. The maximum absolute atomic E-state index is 12.4. The van der Waals surface area contributed by atoms with Crippen LogP contribution in [-0.2, 0) is 16.1 Å². The van der Waals surface area contributed by atoms with Gasteiger partial charge in [0, 0.05) is 12.4 Å². The van der Waals surface area contributed by atoms with E-state index in [1.54, 1.807) is 30.7 Å². The van der Waals surface area contributed by atoms with Gasteiger partial charge in [-0.25, -0.2) is 0 Å². The van der Waals surface area contributed by atoms with Crippen molar-refractivity contribution in [3.8, 4) is 12.3 Å². The first-order chi connectivity index (χ1) is 12.7. The van der Waals surface area contributed by atoms with E-state index in [-0.39, 0.29) is 24.4 Å². The average Bonchev–Trinajstić information content (AvgIpc) is 3.25. The van der Waals surface area contributed by atoms with E-state index < -0.39 is 0 Å². The highest BCUT2D eigenvalue weighted by Gasteiger charge is 2.30. The number of hydrogen-bond acceptors (Lipinski definition) is 5. The van der Waals surface area contributed by atoms with E-state index in [9.17, 15) is 9.59 Å². The number of likely N-dealkylation sites (tertiary alicyclic amines) is 1. The molecule has 1 saturated heterocycles. The van der Waals surface area contributed by atoms with Gasteiger partial charge in [0.2, 0.25) is 11.8 Å². The van der Waals surface area contributed by atoms with E-state index in [0.29, 0.717) is 17.9 Å². The SMILES string of the molecule is C#CCN1CCC[C@H]1C(=O)Nc1cnn(CC(=O)Nc2cccnc2)c1. The lowest BCUT2D eigenvalue weighted by Gasteiger charge is -2.20. The number of carbonyl (C=O) groups is 2. The molecular weight excluding hydrogens is 332 g/mol. The molecule has 8 heteroatoms. The van der Waals surface area contributed by atoms with Crippen molar-refractivity contribution in [3.05, 3.63) is 36.9 Å². The third kappa shape index (κ3) is 4.46. The third-order valence-corrected chi connectivity index (χ3v) is 4.11. The fourth-order valence-corrected chi connectivity index (χ4v) is 2.95. The van der Waals surface area contributed by atoms with Crippen LogP contribution in [0, 0.1) is 12.3 Å². The van der Waals surface area contributed by atoms with Gasteiger partial charge in [0.1, 0.15) is 6.54 Å². The van der Waals surface area contributed by atoms with Crippen LogP contribution in [0.5, 0.6) is 0 Å². The Labute approximate surface area is 151 Å². The number of nitrogens with one attached hydrogen (secondary N) is 2. The number of aromatic nitrogens is 3. The molecule has 134 valence electrons. The first-order valence-electron chi connectivity index (χ1n) is 8.36. The lowest BCUT2D eigenvalue weighted by Crippen LogP contribution is -2.39. The maximum Gasteiger partial charge on any atom is 0.246 e. The minimum absolute atomic E-state index is 0.0391. The minimum atomic E-state index is -0.227. The molecule has 1 atom stereocenters. The summed E-state index contributed by atoms with van der Waals surface area (Å²) in [4.78, 5) is 30.4. The van der Waals surface area contributed by atoms with Crippen LogP contribution < -0.4 is 10.6 Å². The fourth-order valence-electron chi connectivity index (χ4n) is 2.95. The number of carbonyl (C=O) groups excluding carboxylic acids is 2. The van der Waals surface area contributed by atoms with Gasteiger partial charge in [0.15, 0.2) is 0 Å². The number of pyridine rings is 1. The normalized spacial score (nSPS) is 16.8. The van der Waals surface area contributed by atoms with Gasteiger partial charge in [0.25, 0.3) is 0 Å². The Bertz CT molecular complexity index is 811. The zero-order valence-electron chi connectivity index (χ0n) is 14.3. The molecule has 0 unspecified atom stereocenters. The summed E-state index contributed by atoms with van der Waals surface area (Å²) in [5.74, 6) is 2.26. The standard InChI is InChI=1S/C18H20N6O2/c1-2-8-23-9-4-6-16(23)18(26)22-15-11-20-24(12-15)13-17(25)21-14-5-3-7-19-10-14/h1,3,5,7,10-12,16H,4,6,8-9,13H2,(H,21,25)(H,22,26)/t16-/m0/s1. The van der Waals surface area contributed by atoms with E-state index >= 15 is 0 Å². The highest BCUT2D eigenvalue weighted by Crippen LogP contribution is 2.18. The highest BCUT2D eigenvalue weighted by atomic mass is 16.2. The summed E-state index contributed by atoms with van der Waals surface area (Å²) in [6.07, 6.45) is 13.4. The van der Waals surface area contributed by atoms with Gasteiger partial charge in [0.05, 0.1) is 36.4 Å². The molecule has 3 rings (SSSR count). The molecule has 26 heavy (non-hydrogen) atoms. The second kappa shape index (κ2) is 8.27. The fraction of sp³-hybridized carbons (Fsp3) is 0.333. The zero-order chi connectivity index (χ0) is 18.4. The third-order valence-electron chi connectivity index (χ3n) is 4.11. The quantitative estimate of drug-likeness (QED) is 0.756. The van der Waals surface area contributed by atoms with Gasteiger partial charge < -0.3 is 10.6 Å². The second-order valence-electron chi connectivity index (χ2n) is 6.04. The molecule has 0 radical (unpaired) electrons. The van der Waals surface area contributed by atoms with Crippen LogP contribution in [0.4, 0.5) is 11.4 Å². The van der Waals surface area contributed by atoms with E-state index in [1.165, 1.54) is 10.9 Å². The van der Waals surface area contributed by atoms with E-state index in [1.807, 2.05) is 4.90 Å². The van der Waals surface area contributed by atoms with Gasteiger partial charge in [-0.2, -0.15) is 5.10 Å². The Kier molecular flexibility index (Phi) is 5.61. The average molecular weight is 352 g/mol. The smallest absolute Gasteiger partial charge is 0.246 e. The first-order valence-corrected chi connectivity index (χ1v) is 8.36. The summed E-state index contributed by atoms with van der Waals surface area (Å²) in [5.41, 5.74) is 1.17. The van der Waals surface area contributed by atoms with Crippen LogP contribution in [0.25, 0.3) is 0 Å². The van der Waals surface area contributed by atoms with Crippen LogP contribution >= 0.6 is 0 Å². The van der Waals surface area contributed by atoms with Crippen LogP contribution in [0.2, 0.25) is 0 Å². The number of nitrogens with zero attached hydrogens (tertiary/aromatic N) is 4. The van der Waals surface area contributed by atoms with Crippen molar-refractivity contribution >= 4 is 23.2 Å². The molecule has 2 aromatic heterocycles. The minimum Gasteiger partial charge on any atom is -0.323 e. The number of hydrogen-bond donors (Lipinski definition) is 2. The molecule has 3 heterocycles. The van der Waals surface area contributed by atoms with Crippen molar-refractivity contribution in [2.45, 2.75) is 25.4 Å². The second-order valence-corrected chi connectivity index (χ2v) is 6.04. The van der Waals surface area contributed by atoms with Crippen molar-refractivity contribution < 1.29 is 9.59 Å². The van der Waals surface area contributed by atoms with Crippen molar-refractivity contribution in [1.82, 2.24) is 19.7 Å². The summed E-state index contributed by atoms with van der Waals surface area (Å²) < 4.78 is 1.47. The van der Waals surface area contributed by atoms with E-state index in [2.05, 4.69) is 26.6 Å². The van der Waals surface area contributed by atoms with Crippen LogP contribution in [-0.4, -0.2) is 50.6 Å². The summed E-state index contributed by atoms with van der Waals surface area (Å²) in [6, 6.07) is 3.27. The molecule has 0 bridgehead atoms. The lowest BCUT2D eigenvalue weighted by molar-refractivity contribution is -0.120. The Hall–Kier alpha value is -3.18. The Balaban J connectivity index is 1.54. The van der Waals surface area contributed by atoms with Crippen molar-refractivity contribution in [2.75, 3.05) is 23.7 Å². The molecule has 8 nitrogen and oxygen atoms in total. The maximum atomic E-state index is 12.4. The zero-order valence-corrected chi connectivity index (χ0v) is 14.3. The predicted octanol–water partition coefficient (Wildman–Crippen LogP) is 0.953. The summed E-state index contributed by atoms with van der Waals surface area (Å²) >= 11 is 0. The number of amides is 2.